The molecule has 0 amide bonds. The zero-order valence-corrected chi connectivity index (χ0v) is 18.8. The Hall–Kier alpha value is -2.67. The number of hydrogen-bond donors (Lipinski definition) is 1. The van der Waals surface area contributed by atoms with Crippen molar-refractivity contribution < 1.29 is 14.3 Å². The van der Waals surface area contributed by atoms with Crippen LogP contribution in [0.15, 0.2) is 30.5 Å². The van der Waals surface area contributed by atoms with E-state index in [1.807, 2.05) is 24.3 Å². The quantitative estimate of drug-likeness (QED) is 0.520. The first-order valence-electron chi connectivity index (χ1n) is 10.7. The van der Waals surface area contributed by atoms with Gasteiger partial charge in [-0.1, -0.05) is 13.8 Å². The lowest BCUT2D eigenvalue weighted by atomic mass is 10.1. The summed E-state index contributed by atoms with van der Waals surface area (Å²) in [4.78, 5) is 23.8. The minimum absolute atomic E-state index is 0.160. The Morgan fingerprint density at radius 3 is 2.47 bits per heavy atom. The number of hydrogen-bond acceptors (Lipinski definition) is 7. The molecule has 1 N–H and O–H groups in total. The van der Waals surface area contributed by atoms with E-state index >= 15 is 0 Å². The highest BCUT2D eigenvalue weighted by Gasteiger charge is 2.18. The van der Waals surface area contributed by atoms with Gasteiger partial charge in [0.15, 0.2) is 5.82 Å². The van der Waals surface area contributed by atoms with Crippen LogP contribution in [0.4, 0.5) is 5.82 Å². The number of methoxy groups -OCH3 is 1. The van der Waals surface area contributed by atoms with Crippen LogP contribution in [0, 0.1) is 0 Å². The molecule has 164 valence electrons. The molecule has 30 heavy (non-hydrogen) atoms. The lowest BCUT2D eigenvalue weighted by Crippen LogP contribution is -2.26. The van der Waals surface area contributed by atoms with Crippen LogP contribution in [0.2, 0.25) is 0 Å². The van der Waals surface area contributed by atoms with Crippen LogP contribution in [0.5, 0.6) is 5.75 Å². The number of anilines is 1. The van der Waals surface area contributed by atoms with E-state index in [1.165, 1.54) is 6.20 Å². The van der Waals surface area contributed by atoms with Crippen LogP contribution in [0.25, 0.3) is 11.4 Å². The molecule has 1 aromatic carbocycles. The molecule has 7 nitrogen and oxygen atoms in total. The van der Waals surface area contributed by atoms with Crippen molar-refractivity contribution in [3.63, 3.8) is 0 Å². The summed E-state index contributed by atoms with van der Waals surface area (Å²) < 4.78 is 10.4. The number of nitrogens with zero attached hydrogens (tertiary/aromatic N) is 3. The van der Waals surface area contributed by atoms with Crippen molar-refractivity contribution in [3.05, 3.63) is 36.0 Å². The smallest absolute Gasteiger partial charge is 0.343 e. The van der Waals surface area contributed by atoms with Crippen molar-refractivity contribution in [2.75, 3.05) is 38.7 Å². The van der Waals surface area contributed by atoms with Gasteiger partial charge in [0.1, 0.15) is 17.1 Å². The molecule has 0 saturated heterocycles. The summed E-state index contributed by atoms with van der Waals surface area (Å²) in [5.41, 5.74) is 1.20. The predicted molar refractivity (Wildman–Crippen MR) is 120 cm³/mol. The van der Waals surface area contributed by atoms with E-state index in [4.69, 9.17) is 9.47 Å². The highest BCUT2D eigenvalue weighted by Crippen LogP contribution is 2.23. The molecule has 1 heterocycles. The molecule has 0 bridgehead atoms. The van der Waals surface area contributed by atoms with Crippen molar-refractivity contribution in [1.29, 1.82) is 0 Å². The van der Waals surface area contributed by atoms with Crippen LogP contribution >= 0.6 is 0 Å². The van der Waals surface area contributed by atoms with Gasteiger partial charge in [-0.25, -0.2) is 14.8 Å². The molecule has 1 unspecified atom stereocenters. The third kappa shape index (κ3) is 6.69. The summed E-state index contributed by atoms with van der Waals surface area (Å²) >= 11 is 0. The molecule has 2 rings (SSSR count). The van der Waals surface area contributed by atoms with Gasteiger partial charge in [-0.2, -0.15) is 0 Å². The van der Waals surface area contributed by atoms with Crippen LogP contribution < -0.4 is 10.1 Å². The Bertz CT molecular complexity index is 792. The molecule has 0 radical (unpaired) electrons. The zero-order valence-electron chi connectivity index (χ0n) is 18.8. The van der Waals surface area contributed by atoms with Gasteiger partial charge in [0, 0.05) is 17.8 Å². The number of carbonyl (C=O) groups is 1. The van der Waals surface area contributed by atoms with Crippen molar-refractivity contribution >= 4 is 11.8 Å². The van der Waals surface area contributed by atoms with Crippen molar-refractivity contribution in [1.82, 2.24) is 14.9 Å². The second kappa shape index (κ2) is 12.1. The van der Waals surface area contributed by atoms with E-state index in [0.29, 0.717) is 23.8 Å². The number of esters is 1. The maximum absolute atomic E-state index is 12.4. The van der Waals surface area contributed by atoms with Gasteiger partial charge in [-0.15, -0.1) is 0 Å². The Labute approximate surface area is 179 Å². The zero-order chi connectivity index (χ0) is 21.9. The lowest BCUT2D eigenvalue weighted by Gasteiger charge is -2.21. The fraction of sp³-hybridized carbons (Fsp3) is 0.522. The molecule has 0 aliphatic heterocycles. The molecule has 2 aromatic rings. The van der Waals surface area contributed by atoms with Gasteiger partial charge in [0.2, 0.25) is 0 Å². The largest absolute Gasteiger partial charge is 0.497 e. The number of rotatable bonds is 12. The predicted octanol–water partition coefficient (Wildman–Crippen LogP) is 4.25. The minimum Gasteiger partial charge on any atom is -0.497 e. The van der Waals surface area contributed by atoms with Crippen molar-refractivity contribution in [2.45, 2.75) is 46.6 Å². The SMILES string of the molecule is CCOC(=O)c1cnc(-c2ccc(OC)cc2)nc1NC(C)CCCN(CC)CC. The van der Waals surface area contributed by atoms with Gasteiger partial charge >= 0.3 is 5.97 Å². The van der Waals surface area contributed by atoms with Gasteiger partial charge in [-0.3, -0.25) is 0 Å². The first-order chi connectivity index (χ1) is 14.5. The number of aromatic nitrogens is 2. The average Bonchev–Trinajstić information content (AvgIpc) is 2.77. The molecule has 0 spiro atoms. The Morgan fingerprint density at radius 2 is 1.87 bits per heavy atom. The molecule has 1 atom stereocenters. The summed E-state index contributed by atoms with van der Waals surface area (Å²) in [6.07, 6.45) is 3.58. The monoisotopic (exact) mass is 414 g/mol. The third-order valence-corrected chi connectivity index (χ3v) is 5.02. The second-order valence-electron chi connectivity index (χ2n) is 7.12. The van der Waals surface area contributed by atoms with Gasteiger partial charge in [0.25, 0.3) is 0 Å². The highest BCUT2D eigenvalue weighted by atomic mass is 16.5. The average molecular weight is 415 g/mol. The van der Waals surface area contributed by atoms with Crippen LogP contribution in [-0.2, 0) is 4.74 Å². The maximum Gasteiger partial charge on any atom is 0.343 e. The maximum atomic E-state index is 12.4. The van der Waals surface area contributed by atoms with E-state index in [2.05, 4.69) is 41.0 Å². The Balaban J connectivity index is 2.19. The van der Waals surface area contributed by atoms with E-state index in [1.54, 1.807) is 14.0 Å². The second-order valence-corrected chi connectivity index (χ2v) is 7.12. The normalized spacial score (nSPS) is 11.9. The lowest BCUT2D eigenvalue weighted by molar-refractivity contribution is 0.0526. The summed E-state index contributed by atoms with van der Waals surface area (Å²) in [6.45, 7) is 11.7. The highest BCUT2D eigenvalue weighted by molar-refractivity contribution is 5.94. The van der Waals surface area contributed by atoms with Crippen LogP contribution in [0.1, 0.15) is 50.9 Å². The minimum atomic E-state index is -0.420. The molecular weight excluding hydrogens is 380 g/mol. The Morgan fingerprint density at radius 1 is 1.17 bits per heavy atom. The summed E-state index contributed by atoms with van der Waals surface area (Å²) in [5.74, 6) is 1.40. The fourth-order valence-electron chi connectivity index (χ4n) is 3.20. The van der Waals surface area contributed by atoms with E-state index in [9.17, 15) is 4.79 Å². The molecule has 0 saturated carbocycles. The van der Waals surface area contributed by atoms with E-state index < -0.39 is 5.97 Å². The van der Waals surface area contributed by atoms with E-state index in [-0.39, 0.29) is 6.04 Å². The van der Waals surface area contributed by atoms with Gasteiger partial charge in [-0.05, 0) is 70.6 Å². The third-order valence-electron chi connectivity index (χ3n) is 5.02. The molecule has 0 aliphatic carbocycles. The standard InChI is InChI=1S/C23H34N4O3/c1-6-27(7-2)15-9-10-17(4)25-22-20(23(28)30-8-3)16-24-21(26-22)18-11-13-19(29-5)14-12-18/h11-14,16-17H,6-10,15H2,1-5H3,(H,24,25,26). The van der Waals surface area contributed by atoms with Gasteiger partial charge < -0.3 is 19.7 Å². The Kier molecular flexibility index (Phi) is 9.54. The van der Waals surface area contributed by atoms with Crippen molar-refractivity contribution in [2.24, 2.45) is 0 Å². The molecule has 1 aromatic heterocycles. The van der Waals surface area contributed by atoms with E-state index in [0.717, 1.165) is 43.8 Å². The number of ether oxygens (including phenoxy) is 2. The number of nitrogens with one attached hydrogen (secondary N) is 1. The first-order valence-corrected chi connectivity index (χ1v) is 10.7. The van der Waals surface area contributed by atoms with Gasteiger partial charge in [0.05, 0.1) is 13.7 Å². The van der Waals surface area contributed by atoms with Crippen LogP contribution in [-0.4, -0.2) is 60.2 Å². The first kappa shape index (κ1) is 23.6. The molecular formula is C23H34N4O3. The topological polar surface area (TPSA) is 76.6 Å². The van der Waals surface area contributed by atoms with Crippen molar-refractivity contribution in [3.8, 4) is 17.1 Å². The number of benzene rings is 1. The molecule has 0 aliphatic rings. The summed E-state index contributed by atoms with van der Waals surface area (Å²) in [5, 5.41) is 3.40. The number of carbonyl (C=O) groups excluding carboxylic acids is 1. The molecule has 0 fully saturated rings. The molecule has 7 heteroatoms. The van der Waals surface area contributed by atoms with Crippen LogP contribution in [0.3, 0.4) is 0 Å². The summed E-state index contributed by atoms with van der Waals surface area (Å²) in [6, 6.07) is 7.68. The summed E-state index contributed by atoms with van der Waals surface area (Å²) in [7, 11) is 1.63. The fourth-order valence-corrected chi connectivity index (χ4v) is 3.20.